The van der Waals surface area contributed by atoms with Crippen molar-refractivity contribution < 1.29 is 27.2 Å². The van der Waals surface area contributed by atoms with Crippen LogP contribution in [0.25, 0.3) is 11.0 Å². The minimum absolute atomic E-state index is 0.0364. The Hall–Kier alpha value is -2.70. The fraction of sp³-hybridized carbons (Fsp3) is 0.350. The Kier molecular flexibility index (Phi) is 5.88. The van der Waals surface area contributed by atoms with E-state index < -0.39 is 11.9 Å². The van der Waals surface area contributed by atoms with Gasteiger partial charge < -0.3 is 14.0 Å². The summed E-state index contributed by atoms with van der Waals surface area (Å²) in [6.07, 6.45) is -2.62. The van der Waals surface area contributed by atoms with Crippen molar-refractivity contribution in [2.75, 3.05) is 13.2 Å². The number of nitrogens with zero attached hydrogens (tertiary/aromatic N) is 1. The number of halogens is 3. The minimum atomic E-state index is -4.55. The van der Waals surface area contributed by atoms with Gasteiger partial charge in [-0.3, -0.25) is 0 Å². The Bertz CT molecular complexity index is 875. The molecule has 0 aliphatic carbocycles. The molecule has 2 aromatic carbocycles. The highest BCUT2D eigenvalue weighted by Crippen LogP contribution is 2.38. The lowest BCUT2D eigenvalue weighted by Gasteiger charge is -2.12. The van der Waals surface area contributed by atoms with Crippen molar-refractivity contribution in [3.05, 3.63) is 53.7 Å². The van der Waals surface area contributed by atoms with E-state index in [0.717, 1.165) is 12.2 Å². The highest BCUT2D eigenvalue weighted by atomic mass is 19.4. The molecule has 3 aromatic rings. The lowest BCUT2D eigenvalue weighted by Crippen LogP contribution is -2.07. The van der Waals surface area contributed by atoms with Gasteiger partial charge in [-0.1, -0.05) is 36.7 Å². The van der Waals surface area contributed by atoms with Crippen molar-refractivity contribution in [3.63, 3.8) is 0 Å². The van der Waals surface area contributed by atoms with E-state index in [1.807, 2.05) is 37.3 Å². The van der Waals surface area contributed by atoms with Gasteiger partial charge in [-0.15, -0.1) is 0 Å². The van der Waals surface area contributed by atoms with Gasteiger partial charge in [0.25, 0.3) is 0 Å². The van der Waals surface area contributed by atoms with Crippen molar-refractivity contribution in [3.8, 4) is 11.5 Å². The summed E-state index contributed by atoms with van der Waals surface area (Å²) in [5.41, 5.74) is -0.248. The number of para-hydroxylation sites is 1. The zero-order valence-corrected chi connectivity index (χ0v) is 14.9. The molecule has 144 valence electrons. The maximum Gasteiger partial charge on any atom is 0.437 e. The molecule has 3 rings (SSSR count). The summed E-state index contributed by atoms with van der Waals surface area (Å²) in [4.78, 5) is 0. The summed E-state index contributed by atoms with van der Waals surface area (Å²) in [5, 5.41) is 3.18. The Morgan fingerprint density at radius 2 is 1.74 bits per heavy atom. The van der Waals surface area contributed by atoms with E-state index in [1.54, 1.807) is 6.07 Å². The van der Waals surface area contributed by atoms with Crippen LogP contribution in [0.2, 0.25) is 0 Å². The van der Waals surface area contributed by atoms with Gasteiger partial charge in [0.1, 0.15) is 11.5 Å². The fourth-order valence-electron chi connectivity index (χ4n) is 2.82. The van der Waals surface area contributed by atoms with Crippen LogP contribution >= 0.6 is 0 Å². The molecule has 0 aliphatic heterocycles. The van der Waals surface area contributed by atoms with Gasteiger partial charge in [-0.05, 0) is 30.7 Å². The highest BCUT2D eigenvalue weighted by molar-refractivity contribution is 5.85. The number of rotatable bonds is 8. The number of fused-ring (bicyclic) bond motifs is 1. The van der Waals surface area contributed by atoms with Crippen LogP contribution in [0, 0.1) is 0 Å². The summed E-state index contributed by atoms with van der Waals surface area (Å²) in [6, 6.07) is 12.3. The number of hydrogen-bond donors (Lipinski definition) is 0. The predicted octanol–water partition coefficient (Wildman–Crippen LogP) is 5.65. The molecule has 0 unspecified atom stereocenters. The Labute approximate surface area is 154 Å². The van der Waals surface area contributed by atoms with Crippen molar-refractivity contribution in [2.45, 2.75) is 32.4 Å². The molecule has 7 heteroatoms. The number of alkyl halides is 3. The topological polar surface area (TPSA) is 44.5 Å². The maximum absolute atomic E-state index is 13.0. The average Bonchev–Trinajstić information content (AvgIpc) is 3.09. The second kappa shape index (κ2) is 8.33. The summed E-state index contributed by atoms with van der Waals surface area (Å²) in [5.74, 6) is 1.31. The van der Waals surface area contributed by atoms with Crippen molar-refractivity contribution in [1.82, 2.24) is 5.16 Å². The van der Waals surface area contributed by atoms with Gasteiger partial charge in [0.05, 0.1) is 18.6 Å². The lowest BCUT2D eigenvalue weighted by molar-refractivity contribution is -0.141. The third-order valence-electron chi connectivity index (χ3n) is 4.03. The number of aryl methyl sites for hydroxylation is 1. The number of hydrogen-bond acceptors (Lipinski definition) is 4. The zero-order chi connectivity index (χ0) is 19.3. The van der Waals surface area contributed by atoms with Crippen LogP contribution < -0.4 is 9.47 Å². The van der Waals surface area contributed by atoms with Crippen LogP contribution in [-0.4, -0.2) is 18.4 Å². The van der Waals surface area contributed by atoms with Crippen LogP contribution in [-0.2, 0) is 12.6 Å². The first-order chi connectivity index (χ1) is 13.0. The molecule has 0 fully saturated rings. The third-order valence-corrected chi connectivity index (χ3v) is 4.03. The molecule has 0 spiro atoms. The van der Waals surface area contributed by atoms with E-state index >= 15 is 0 Å². The first-order valence-corrected chi connectivity index (χ1v) is 8.79. The molecular weight excluding hydrogens is 359 g/mol. The first kappa shape index (κ1) is 19.1. The molecule has 0 saturated heterocycles. The minimum Gasteiger partial charge on any atom is -0.493 e. The largest absolute Gasteiger partial charge is 0.493 e. The number of ether oxygens (including phenoxy) is 2. The van der Waals surface area contributed by atoms with Gasteiger partial charge in [0.2, 0.25) is 0 Å². The quantitative estimate of drug-likeness (QED) is 0.475. The Morgan fingerprint density at radius 1 is 1.00 bits per heavy atom. The molecule has 0 N–H and O–H groups in total. The number of benzene rings is 2. The Balaban J connectivity index is 1.67. The SMILES string of the molecule is CCCc1c(OCCCOc2ccccc2)ccc2c(C(F)(F)F)noc12. The van der Waals surface area contributed by atoms with Gasteiger partial charge >= 0.3 is 6.18 Å². The molecule has 4 nitrogen and oxygen atoms in total. The molecule has 1 aromatic heterocycles. The molecule has 0 atom stereocenters. The van der Waals surface area contributed by atoms with Crippen LogP contribution in [0.15, 0.2) is 47.0 Å². The fourth-order valence-corrected chi connectivity index (χ4v) is 2.82. The molecule has 27 heavy (non-hydrogen) atoms. The second-order valence-electron chi connectivity index (χ2n) is 6.06. The third kappa shape index (κ3) is 4.53. The van der Waals surface area contributed by atoms with Crippen LogP contribution in [0.3, 0.4) is 0 Å². The van der Waals surface area contributed by atoms with Gasteiger partial charge in [-0.2, -0.15) is 13.2 Å². The predicted molar refractivity (Wildman–Crippen MR) is 95.1 cm³/mol. The van der Waals surface area contributed by atoms with Crippen molar-refractivity contribution in [1.29, 1.82) is 0 Å². The van der Waals surface area contributed by atoms with E-state index in [2.05, 4.69) is 5.16 Å². The van der Waals surface area contributed by atoms with E-state index in [0.29, 0.717) is 37.4 Å². The molecule has 0 amide bonds. The summed E-state index contributed by atoms with van der Waals surface area (Å²) < 4.78 is 55.5. The monoisotopic (exact) mass is 379 g/mol. The van der Waals surface area contributed by atoms with Gasteiger partial charge in [0.15, 0.2) is 11.3 Å². The average molecular weight is 379 g/mol. The van der Waals surface area contributed by atoms with Crippen LogP contribution in [0.4, 0.5) is 13.2 Å². The lowest BCUT2D eigenvalue weighted by atomic mass is 10.0. The van der Waals surface area contributed by atoms with Crippen molar-refractivity contribution in [2.24, 2.45) is 0 Å². The molecular formula is C20H20F3NO3. The molecule has 1 heterocycles. The smallest absolute Gasteiger partial charge is 0.437 e. The number of aromatic nitrogens is 1. The Morgan fingerprint density at radius 3 is 2.44 bits per heavy atom. The first-order valence-electron chi connectivity index (χ1n) is 8.79. The van der Waals surface area contributed by atoms with Gasteiger partial charge in [-0.25, -0.2) is 0 Å². The van der Waals surface area contributed by atoms with E-state index in [-0.39, 0.29) is 11.0 Å². The van der Waals surface area contributed by atoms with Crippen molar-refractivity contribution >= 4 is 11.0 Å². The second-order valence-corrected chi connectivity index (χ2v) is 6.06. The molecule has 0 saturated carbocycles. The van der Waals surface area contributed by atoms with E-state index in [1.165, 1.54) is 6.07 Å². The van der Waals surface area contributed by atoms with E-state index in [4.69, 9.17) is 14.0 Å². The molecule has 0 radical (unpaired) electrons. The van der Waals surface area contributed by atoms with Gasteiger partial charge in [0, 0.05) is 12.0 Å². The standard InChI is InChI=1S/C20H20F3NO3/c1-2-7-15-17(26-13-6-12-25-14-8-4-3-5-9-14)11-10-16-18(15)27-24-19(16)20(21,22)23/h3-5,8-11H,2,6-7,12-13H2,1H3. The summed E-state index contributed by atoms with van der Waals surface area (Å²) in [7, 11) is 0. The van der Waals surface area contributed by atoms with Crippen LogP contribution in [0.5, 0.6) is 11.5 Å². The maximum atomic E-state index is 13.0. The van der Waals surface area contributed by atoms with Crippen LogP contribution in [0.1, 0.15) is 31.0 Å². The summed E-state index contributed by atoms with van der Waals surface area (Å²) >= 11 is 0. The van der Waals surface area contributed by atoms with E-state index in [9.17, 15) is 13.2 Å². The normalized spacial score (nSPS) is 11.7. The summed E-state index contributed by atoms with van der Waals surface area (Å²) in [6.45, 7) is 2.81. The zero-order valence-electron chi connectivity index (χ0n) is 14.9. The molecule has 0 bridgehead atoms. The molecule has 0 aliphatic rings. The highest BCUT2D eigenvalue weighted by Gasteiger charge is 2.37.